The molecule has 0 aliphatic carbocycles. The second-order valence-electron chi connectivity index (χ2n) is 6.44. The van der Waals surface area contributed by atoms with Crippen LogP contribution in [0.2, 0.25) is 0 Å². The zero-order valence-corrected chi connectivity index (χ0v) is 13.9. The highest BCUT2D eigenvalue weighted by Crippen LogP contribution is 2.39. The molecule has 0 atom stereocenters. The molecule has 0 radical (unpaired) electrons. The standard InChI is InChI=1S/C23H17NO/c1-15-10-12-17(13-11-15)24-22-18-7-3-2-6-16(18)14-20-19-8-4-5-9-21(19)25-23(20)22/h2-14,24H,1H3. The van der Waals surface area contributed by atoms with Gasteiger partial charge in [0.15, 0.2) is 5.58 Å². The first-order valence-corrected chi connectivity index (χ1v) is 8.46. The van der Waals surface area contributed by atoms with Crippen LogP contribution >= 0.6 is 0 Å². The van der Waals surface area contributed by atoms with Gasteiger partial charge in [0.25, 0.3) is 0 Å². The van der Waals surface area contributed by atoms with Gasteiger partial charge < -0.3 is 9.73 Å². The number of furan rings is 1. The predicted octanol–water partition coefficient (Wildman–Crippen LogP) is 6.79. The molecule has 25 heavy (non-hydrogen) atoms. The third-order valence-corrected chi connectivity index (χ3v) is 4.71. The van der Waals surface area contributed by atoms with Gasteiger partial charge in [-0.1, -0.05) is 60.2 Å². The molecule has 4 aromatic carbocycles. The number of anilines is 2. The molecule has 0 spiro atoms. The molecule has 0 saturated heterocycles. The van der Waals surface area contributed by atoms with Crippen molar-refractivity contribution < 1.29 is 4.42 Å². The Morgan fingerprint density at radius 1 is 0.720 bits per heavy atom. The van der Waals surface area contributed by atoms with Crippen LogP contribution in [0.3, 0.4) is 0 Å². The van der Waals surface area contributed by atoms with Gasteiger partial charge in [-0.15, -0.1) is 0 Å². The van der Waals surface area contributed by atoms with Crippen molar-refractivity contribution in [3.63, 3.8) is 0 Å². The minimum Gasteiger partial charge on any atom is -0.454 e. The first-order valence-electron chi connectivity index (χ1n) is 8.46. The topological polar surface area (TPSA) is 25.2 Å². The molecule has 2 nitrogen and oxygen atoms in total. The zero-order valence-electron chi connectivity index (χ0n) is 13.9. The van der Waals surface area contributed by atoms with Crippen molar-refractivity contribution in [3.05, 3.63) is 84.4 Å². The number of hydrogen-bond donors (Lipinski definition) is 1. The molecule has 120 valence electrons. The van der Waals surface area contributed by atoms with Crippen LogP contribution < -0.4 is 5.32 Å². The lowest BCUT2D eigenvalue weighted by Crippen LogP contribution is -1.92. The fraction of sp³-hybridized carbons (Fsp3) is 0.0435. The van der Waals surface area contributed by atoms with Crippen LogP contribution in [0.5, 0.6) is 0 Å². The molecule has 2 heteroatoms. The second kappa shape index (κ2) is 5.38. The summed E-state index contributed by atoms with van der Waals surface area (Å²) >= 11 is 0. The highest BCUT2D eigenvalue weighted by Gasteiger charge is 2.14. The van der Waals surface area contributed by atoms with E-state index in [1.165, 1.54) is 10.9 Å². The highest BCUT2D eigenvalue weighted by molar-refractivity contribution is 6.17. The molecule has 1 aromatic heterocycles. The van der Waals surface area contributed by atoms with E-state index in [0.717, 1.165) is 38.7 Å². The van der Waals surface area contributed by atoms with E-state index in [1.54, 1.807) is 0 Å². The molecular formula is C23H17NO. The quantitative estimate of drug-likeness (QED) is 0.387. The van der Waals surface area contributed by atoms with Crippen LogP contribution in [0.1, 0.15) is 5.56 Å². The van der Waals surface area contributed by atoms with E-state index in [0.29, 0.717) is 0 Å². The van der Waals surface area contributed by atoms with E-state index in [-0.39, 0.29) is 0 Å². The molecule has 0 aliphatic rings. The number of hydrogen-bond acceptors (Lipinski definition) is 2. The van der Waals surface area contributed by atoms with Gasteiger partial charge in [-0.3, -0.25) is 0 Å². The summed E-state index contributed by atoms with van der Waals surface area (Å²) in [4.78, 5) is 0. The summed E-state index contributed by atoms with van der Waals surface area (Å²) in [7, 11) is 0. The van der Waals surface area contributed by atoms with Gasteiger partial charge in [-0.25, -0.2) is 0 Å². The lowest BCUT2D eigenvalue weighted by atomic mass is 10.0. The fourth-order valence-corrected chi connectivity index (χ4v) is 3.43. The molecule has 0 saturated carbocycles. The van der Waals surface area contributed by atoms with Crippen molar-refractivity contribution in [1.29, 1.82) is 0 Å². The summed E-state index contributed by atoms with van der Waals surface area (Å²) < 4.78 is 6.23. The van der Waals surface area contributed by atoms with E-state index in [1.807, 2.05) is 12.1 Å². The van der Waals surface area contributed by atoms with Gasteiger partial charge in [0, 0.05) is 21.8 Å². The lowest BCUT2D eigenvalue weighted by molar-refractivity contribution is 0.670. The van der Waals surface area contributed by atoms with E-state index in [4.69, 9.17) is 4.42 Å². The van der Waals surface area contributed by atoms with E-state index in [9.17, 15) is 0 Å². The number of nitrogens with one attached hydrogen (secondary N) is 1. The Labute approximate surface area is 145 Å². The van der Waals surface area contributed by atoms with Crippen LogP contribution in [-0.2, 0) is 0 Å². The normalized spacial score (nSPS) is 11.4. The summed E-state index contributed by atoms with van der Waals surface area (Å²) in [6.45, 7) is 2.10. The molecule has 0 amide bonds. The zero-order chi connectivity index (χ0) is 16.8. The van der Waals surface area contributed by atoms with Crippen LogP contribution in [-0.4, -0.2) is 0 Å². The number of aryl methyl sites for hydroxylation is 1. The van der Waals surface area contributed by atoms with Crippen molar-refractivity contribution in [2.45, 2.75) is 6.92 Å². The van der Waals surface area contributed by atoms with Gasteiger partial charge in [-0.05, 0) is 36.6 Å². The second-order valence-corrected chi connectivity index (χ2v) is 6.44. The largest absolute Gasteiger partial charge is 0.454 e. The molecule has 0 bridgehead atoms. The summed E-state index contributed by atoms with van der Waals surface area (Å²) in [5.74, 6) is 0. The minimum atomic E-state index is 0.903. The van der Waals surface area contributed by atoms with Crippen LogP contribution in [0.15, 0.2) is 83.3 Å². The minimum absolute atomic E-state index is 0.903. The Morgan fingerprint density at radius 3 is 2.28 bits per heavy atom. The maximum Gasteiger partial charge on any atom is 0.159 e. The van der Waals surface area contributed by atoms with Crippen molar-refractivity contribution in [2.75, 3.05) is 5.32 Å². The Hall–Kier alpha value is -3.26. The van der Waals surface area contributed by atoms with E-state index >= 15 is 0 Å². The number of rotatable bonds is 2. The van der Waals surface area contributed by atoms with Gasteiger partial charge in [-0.2, -0.15) is 0 Å². The van der Waals surface area contributed by atoms with Gasteiger partial charge in [0.05, 0.1) is 5.69 Å². The van der Waals surface area contributed by atoms with Crippen LogP contribution in [0.4, 0.5) is 11.4 Å². The lowest BCUT2D eigenvalue weighted by Gasteiger charge is -2.11. The fourth-order valence-electron chi connectivity index (χ4n) is 3.43. The SMILES string of the molecule is Cc1ccc(Nc2c3ccccc3cc3c2oc2ccccc23)cc1. The maximum absolute atomic E-state index is 6.23. The maximum atomic E-state index is 6.23. The molecule has 1 N–H and O–H groups in total. The van der Waals surface area contributed by atoms with Crippen LogP contribution in [0, 0.1) is 6.92 Å². The third-order valence-electron chi connectivity index (χ3n) is 4.71. The first-order chi connectivity index (χ1) is 12.3. The predicted molar refractivity (Wildman–Crippen MR) is 106 cm³/mol. The van der Waals surface area contributed by atoms with Crippen molar-refractivity contribution >= 4 is 44.1 Å². The average Bonchev–Trinajstić information content (AvgIpc) is 3.02. The average molecular weight is 323 g/mol. The summed E-state index contributed by atoms with van der Waals surface area (Å²) in [5, 5.41) is 8.24. The smallest absolute Gasteiger partial charge is 0.159 e. The van der Waals surface area contributed by atoms with Crippen molar-refractivity contribution in [1.82, 2.24) is 0 Å². The van der Waals surface area contributed by atoms with Gasteiger partial charge >= 0.3 is 0 Å². The Bertz CT molecular complexity index is 1220. The molecule has 5 rings (SSSR count). The van der Waals surface area contributed by atoms with Crippen molar-refractivity contribution in [3.8, 4) is 0 Å². The third kappa shape index (κ3) is 2.26. The summed E-state index contributed by atoms with van der Waals surface area (Å²) in [5.41, 5.74) is 5.15. The van der Waals surface area contributed by atoms with Crippen LogP contribution in [0.25, 0.3) is 32.7 Å². The Balaban J connectivity index is 1.84. The molecule has 0 unspecified atom stereocenters. The molecule has 0 fully saturated rings. The molecule has 1 heterocycles. The summed E-state index contributed by atoms with van der Waals surface area (Å²) in [6.07, 6.45) is 0. The molecule has 5 aromatic rings. The van der Waals surface area contributed by atoms with Gasteiger partial charge in [0.2, 0.25) is 0 Å². The monoisotopic (exact) mass is 323 g/mol. The number of fused-ring (bicyclic) bond motifs is 4. The summed E-state index contributed by atoms with van der Waals surface area (Å²) in [6, 6.07) is 27.3. The van der Waals surface area contributed by atoms with Crippen molar-refractivity contribution in [2.24, 2.45) is 0 Å². The molecule has 0 aliphatic heterocycles. The van der Waals surface area contributed by atoms with E-state index in [2.05, 4.69) is 79.0 Å². The number of benzene rings is 4. The van der Waals surface area contributed by atoms with Gasteiger partial charge in [0.1, 0.15) is 5.58 Å². The highest BCUT2D eigenvalue weighted by atomic mass is 16.3. The Morgan fingerprint density at radius 2 is 1.44 bits per heavy atom. The molecular weight excluding hydrogens is 306 g/mol. The van der Waals surface area contributed by atoms with E-state index < -0.39 is 0 Å². The number of para-hydroxylation sites is 1. The first kappa shape index (κ1) is 14.1. The Kier molecular flexibility index (Phi) is 3.04.